The summed E-state index contributed by atoms with van der Waals surface area (Å²) in [7, 11) is 1.68. The van der Waals surface area contributed by atoms with Gasteiger partial charge in [-0.05, 0) is 48.4 Å². The van der Waals surface area contributed by atoms with Crippen molar-refractivity contribution in [2.24, 2.45) is 12.5 Å². The van der Waals surface area contributed by atoms with Crippen molar-refractivity contribution in [1.29, 1.82) is 0 Å². The molecule has 1 spiro atoms. The molecule has 3 aromatic rings. The average molecular weight is 683 g/mol. The van der Waals surface area contributed by atoms with Crippen LogP contribution in [0.25, 0.3) is 21.9 Å². The van der Waals surface area contributed by atoms with E-state index >= 15 is 0 Å². The Hall–Kier alpha value is -2.37. The van der Waals surface area contributed by atoms with Gasteiger partial charge in [-0.3, -0.25) is 9.59 Å². The van der Waals surface area contributed by atoms with Crippen LogP contribution in [0.15, 0.2) is 65.7 Å². The molecule has 44 heavy (non-hydrogen) atoms. The second-order valence-electron chi connectivity index (χ2n) is 11.6. The molecule has 2 aromatic carbocycles. The Kier molecular flexibility index (Phi) is 14.7. The predicted molar refractivity (Wildman–Crippen MR) is 164 cm³/mol. The third-order valence-electron chi connectivity index (χ3n) is 8.38. The molecule has 235 valence electrons. The number of benzene rings is 2. The summed E-state index contributed by atoms with van der Waals surface area (Å²) in [4.78, 5) is 26.0. The number of halogens is 2. The second kappa shape index (κ2) is 17.9. The number of carboxylic acid groups (broad SMARTS) is 1. The average Bonchev–Trinajstić information content (AvgIpc) is 3.47. The van der Waals surface area contributed by atoms with Gasteiger partial charge in [0.15, 0.2) is 0 Å². The zero-order valence-corrected chi connectivity index (χ0v) is 28.1. The standard InChI is InChI=1S/C13H15F2N2O2.C11H10N2O.C9H16N.Y/c14-8-1-2-11(15)10(5-8)12-6-9(3-4-16-12)17-7-13(18)19;1-13-8-12-10(7-11(13)14)9-5-3-2-4-6-9;1-2-5-9(4-1)6-3-7-10-8-9;/h1-2,5,9,12,17H,3-4,6-7H2,(H,18,19);2-8H,1H3;1-8H2;/q-1;;-1;. The number of piperidine rings is 2. The van der Waals surface area contributed by atoms with Crippen LogP contribution in [-0.2, 0) is 44.6 Å². The molecule has 2 N–H and O–H groups in total. The van der Waals surface area contributed by atoms with E-state index in [-0.39, 0.29) is 56.4 Å². The molecule has 3 heterocycles. The van der Waals surface area contributed by atoms with Crippen LogP contribution in [0.5, 0.6) is 0 Å². The Morgan fingerprint density at radius 2 is 1.80 bits per heavy atom. The van der Waals surface area contributed by atoms with Crippen molar-refractivity contribution in [2.45, 2.75) is 63.5 Å². The first-order chi connectivity index (χ1) is 20.7. The summed E-state index contributed by atoms with van der Waals surface area (Å²) in [6, 6.07) is 14.0. The Morgan fingerprint density at radius 1 is 1.07 bits per heavy atom. The number of aliphatic carboxylic acids is 1. The van der Waals surface area contributed by atoms with Crippen LogP contribution in [0.3, 0.4) is 0 Å². The largest absolute Gasteiger partial charge is 0.662 e. The summed E-state index contributed by atoms with van der Waals surface area (Å²) in [6.07, 6.45) is 11.4. The first-order valence-corrected chi connectivity index (χ1v) is 15.0. The third kappa shape index (κ3) is 10.9. The van der Waals surface area contributed by atoms with Gasteiger partial charge in [0, 0.05) is 57.4 Å². The Bertz CT molecular complexity index is 1380. The second-order valence-corrected chi connectivity index (χ2v) is 11.6. The molecular formula is C33H41F2N5O3Y-2. The summed E-state index contributed by atoms with van der Waals surface area (Å²) in [5.74, 6) is -1.91. The van der Waals surface area contributed by atoms with E-state index < -0.39 is 23.6 Å². The first kappa shape index (κ1) is 36.1. The molecule has 11 heteroatoms. The summed E-state index contributed by atoms with van der Waals surface area (Å²) >= 11 is 0. The van der Waals surface area contributed by atoms with Gasteiger partial charge in [0.2, 0.25) is 0 Å². The molecule has 2 atom stereocenters. The summed E-state index contributed by atoms with van der Waals surface area (Å²) in [6.45, 7) is 2.70. The van der Waals surface area contributed by atoms with Gasteiger partial charge >= 0.3 is 5.97 Å². The van der Waals surface area contributed by atoms with Crippen LogP contribution in [0.1, 0.15) is 63.0 Å². The quantitative estimate of drug-likeness (QED) is 0.325. The van der Waals surface area contributed by atoms with E-state index in [4.69, 9.17) is 5.11 Å². The number of aromatic nitrogens is 2. The van der Waals surface area contributed by atoms with Crippen molar-refractivity contribution in [3.8, 4) is 11.3 Å². The van der Waals surface area contributed by atoms with Gasteiger partial charge in [-0.25, -0.2) is 13.8 Å². The summed E-state index contributed by atoms with van der Waals surface area (Å²) in [5, 5.41) is 20.3. The molecule has 8 nitrogen and oxygen atoms in total. The zero-order valence-electron chi connectivity index (χ0n) is 25.3. The molecule has 1 radical (unpaired) electrons. The molecule has 2 aliphatic heterocycles. The van der Waals surface area contributed by atoms with E-state index in [9.17, 15) is 18.4 Å². The van der Waals surface area contributed by atoms with Crippen molar-refractivity contribution in [3.63, 3.8) is 0 Å². The number of rotatable bonds is 5. The van der Waals surface area contributed by atoms with Gasteiger partial charge in [0.25, 0.3) is 5.56 Å². The fourth-order valence-corrected chi connectivity index (χ4v) is 5.98. The van der Waals surface area contributed by atoms with Crippen molar-refractivity contribution in [2.75, 3.05) is 26.2 Å². The molecule has 6 rings (SSSR count). The van der Waals surface area contributed by atoms with Crippen LogP contribution in [0.4, 0.5) is 8.78 Å². The number of hydrogen-bond acceptors (Lipinski definition) is 4. The fraction of sp³-hybridized carbons (Fsp3) is 0.485. The number of nitrogens with one attached hydrogen (secondary N) is 1. The summed E-state index contributed by atoms with van der Waals surface area (Å²) < 4.78 is 28.3. The predicted octanol–water partition coefficient (Wildman–Crippen LogP) is 6.38. The van der Waals surface area contributed by atoms with Crippen LogP contribution in [-0.4, -0.2) is 52.8 Å². The minimum Gasteiger partial charge on any atom is -0.662 e. The molecule has 0 amide bonds. The molecule has 1 aliphatic carbocycles. The third-order valence-corrected chi connectivity index (χ3v) is 8.38. The van der Waals surface area contributed by atoms with Gasteiger partial charge in [0.1, 0.15) is 11.6 Å². The van der Waals surface area contributed by atoms with Crippen molar-refractivity contribution in [3.05, 3.63) is 99.1 Å². The minimum atomic E-state index is -0.934. The smallest absolute Gasteiger partial charge is 0.317 e. The fourth-order valence-electron chi connectivity index (χ4n) is 5.98. The molecule has 3 fully saturated rings. The van der Waals surface area contributed by atoms with Gasteiger partial charge in [0.05, 0.1) is 18.6 Å². The van der Waals surface area contributed by atoms with E-state index in [1.807, 2.05) is 30.3 Å². The van der Waals surface area contributed by atoms with Gasteiger partial charge < -0.3 is 25.6 Å². The van der Waals surface area contributed by atoms with E-state index in [2.05, 4.69) is 20.9 Å². The Morgan fingerprint density at radius 3 is 2.45 bits per heavy atom. The van der Waals surface area contributed by atoms with E-state index in [1.165, 1.54) is 62.0 Å². The van der Waals surface area contributed by atoms with Crippen LogP contribution < -0.4 is 10.9 Å². The Balaban J connectivity index is 0.000000187. The minimum absolute atomic E-state index is 0. The normalized spacial score (nSPS) is 20.3. The van der Waals surface area contributed by atoms with Crippen LogP contribution in [0.2, 0.25) is 0 Å². The number of carbonyl (C=O) groups is 1. The van der Waals surface area contributed by atoms with Crippen molar-refractivity contribution in [1.82, 2.24) is 14.9 Å². The molecule has 0 bridgehead atoms. The van der Waals surface area contributed by atoms with Crippen LogP contribution in [0, 0.1) is 17.0 Å². The zero-order chi connectivity index (χ0) is 30.7. The molecular weight excluding hydrogens is 641 g/mol. The van der Waals surface area contributed by atoms with E-state index in [0.717, 1.165) is 30.3 Å². The first-order valence-electron chi connectivity index (χ1n) is 15.0. The maximum absolute atomic E-state index is 13.7. The number of nitrogens with zero attached hydrogens (tertiary/aromatic N) is 4. The molecule has 2 saturated heterocycles. The van der Waals surface area contributed by atoms with Crippen LogP contribution >= 0.6 is 0 Å². The van der Waals surface area contributed by atoms with Gasteiger partial charge in [-0.15, -0.1) is 25.7 Å². The SMILES string of the molecule is C1CCC2(C1)CCC[N-]C2.Cn1cnc(-c2ccccc2)cc1=O.O=C(O)CNC1CC[N-]C(c2cc(F)ccc2F)C1.[Y]. The van der Waals surface area contributed by atoms with Gasteiger partial charge in [-0.1, -0.05) is 62.4 Å². The topological polar surface area (TPSA) is 112 Å². The number of hydrogen-bond donors (Lipinski definition) is 2. The summed E-state index contributed by atoms with van der Waals surface area (Å²) in [5.41, 5.74) is 2.58. The van der Waals surface area contributed by atoms with Crippen molar-refractivity contribution < 1.29 is 51.4 Å². The molecule has 3 aliphatic rings. The van der Waals surface area contributed by atoms with E-state index in [1.54, 1.807) is 7.05 Å². The van der Waals surface area contributed by atoms with E-state index in [0.29, 0.717) is 30.5 Å². The maximum Gasteiger partial charge on any atom is 0.317 e. The van der Waals surface area contributed by atoms with Crippen molar-refractivity contribution >= 4 is 5.97 Å². The Labute approximate surface area is 283 Å². The monoisotopic (exact) mass is 682 g/mol. The number of carboxylic acids is 1. The maximum atomic E-state index is 13.7. The van der Waals surface area contributed by atoms with Gasteiger partial charge in [-0.2, -0.15) is 0 Å². The molecule has 1 saturated carbocycles. The number of aryl methyl sites for hydroxylation is 1. The molecule has 1 aromatic heterocycles. The molecule has 2 unspecified atom stereocenters.